The lowest BCUT2D eigenvalue weighted by Crippen LogP contribution is -2.49. The van der Waals surface area contributed by atoms with Crippen LogP contribution in [0.25, 0.3) is 0 Å². The minimum absolute atomic E-state index is 0.258. The molecule has 0 amide bonds. The molecule has 2 N–H and O–H groups in total. The number of aliphatic hydroxyl groups is 2. The molecular weight excluding hydrogens is 222 g/mol. The fourth-order valence-electron chi connectivity index (χ4n) is 2.82. The first kappa shape index (κ1) is 12.8. The third-order valence-corrected chi connectivity index (χ3v) is 3.64. The molecule has 5 nitrogen and oxygen atoms in total. The average Bonchev–Trinajstić information content (AvgIpc) is 2.57. The van der Waals surface area contributed by atoms with E-state index < -0.39 is 18.3 Å². The summed E-state index contributed by atoms with van der Waals surface area (Å²) in [5.74, 6) is -0.258. The van der Waals surface area contributed by atoms with Gasteiger partial charge in [-0.3, -0.25) is 9.69 Å². The Bertz CT molecular complexity index is 284. The molecule has 2 aliphatic rings. The maximum Gasteiger partial charge on any atom is 0.306 e. The van der Waals surface area contributed by atoms with Gasteiger partial charge in [0, 0.05) is 13.0 Å². The quantitative estimate of drug-likeness (QED) is 0.677. The zero-order valence-electron chi connectivity index (χ0n) is 10.2. The van der Waals surface area contributed by atoms with Crippen molar-refractivity contribution in [2.24, 2.45) is 0 Å². The fraction of sp³-hybridized carbons (Fsp3) is 0.917. The van der Waals surface area contributed by atoms with Crippen molar-refractivity contribution in [1.29, 1.82) is 0 Å². The van der Waals surface area contributed by atoms with Gasteiger partial charge in [-0.1, -0.05) is 6.92 Å². The summed E-state index contributed by atoms with van der Waals surface area (Å²) < 4.78 is 5.26. The van der Waals surface area contributed by atoms with Crippen molar-refractivity contribution in [1.82, 2.24) is 4.90 Å². The lowest BCUT2D eigenvalue weighted by Gasteiger charge is -2.34. The number of ether oxygens (including phenoxy) is 1. The predicted octanol–water partition coefficient (Wildman–Crippen LogP) is -0.102. The lowest BCUT2D eigenvalue weighted by molar-refractivity contribution is -0.153. The molecule has 2 heterocycles. The van der Waals surface area contributed by atoms with Crippen molar-refractivity contribution in [3.8, 4) is 0 Å². The van der Waals surface area contributed by atoms with Gasteiger partial charge in [-0.15, -0.1) is 0 Å². The number of fused-ring (bicyclic) bond motifs is 1. The Labute approximate surface area is 101 Å². The first-order valence-corrected chi connectivity index (χ1v) is 6.43. The van der Waals surface area contributed by atoms with Crippen LogP contribution in [0.5, 0.6) is 0 Å². The van der Waals surface area contributed by atoms with Gasteiger partial charge in [0.2, 0.25) is 0 Å². The Balaban J connectivity index is 1.95. The van der Waals surface area contributed by atoms with E-state index in [9.17, 15) is 15.0 Å². The van der Waals surface area contributed by atoms with E-state index in [1.165, 1.54) is 0 Å². The first-order chi connectivity index (χ1) is 8.13. The van der Waals surface area contributed by atoms with Crippen molar-refractivity contribution in [3.05, 3.63) is 0 Å². The van der Waals surface area contributed by atoms with E-state index in [1.807, 2.05) is 11.8 Å². The Hall–Kier alpha value is -0.650. The van der Waals surface area contributed by atoms with E-state index in [-0.39, 0.29) is 12.0 Å². The summed E-state index contributed by atoms with van der Waals surface area (Å²) in [6, 6.07) is -0.261. The SMILES string of the molecule is CCCC(=O)O[C@@H]1CN2CCC[C@@H](O)[C@@H]2[C@@H]1O. The number of rotatable bonds is 3. The molecule has 0 aromatic heterocycles. The van der Waals surface area contributed by atoms with Gasteiger partial charge in [0.15, 0.2) is 0 Å². The normalized spacial score (nSPS) is 37.8. The van der Waals surface area contributed by atoms with E-state index in [4.69, 9.17) is 4.74 Å². The van der Waals surface area contributed by atoms with Gasteiger partial charge in [-0.25, -0.2) is 0 Å². The molecule has 2 aliphatic heterocycles. The molecule has 0 saturated carbocycles. The topological polar surface area (TPSA) is 70.0 Å². The number of aliphatic hydroxyl groups excluding tert-OH is 2. The summed E-state index contributed by atoms with van der Waals surface area (Å²) in [5.41, 5.74) is 0. The third-order valence-electron chi connectivity index (χ3n) is 3.64. The molecule has 2 rings (SSSR count). The van der Waals surface area contributed by atoms with E-state index in [0.717, 1.165) is 19.4 Å². The predicted molar refractivity (Wildman–Crippen MR) is 61.4 cm³/mol. The van der Waals surface area contributed by atoms with Crippen molar-refractivity contribution in [2.45, 2.75) is 57.0 Å². The van der Waals surface area contributed by atoms with Crippen LogP contribution in [0.3, 0.4) is 0 Å². The Kier molecular flexibility index (Phi) is 4.01. The molecule has 2 fully saturated rings. The second-order valence-corrected chi connectivity index (χ2v) is 4.96. The molecule has 98 valence electrons. The summed E-state index contributed by atoms with van der Waals surface area (Å²) in [7, 11) is 0. The van der Waals surface area contributed by atoms with Crippen LogP contribution in [0.1, 0.15) is 32.6 Å². The van der Waals surface area contributed by atoms with Gasteiger partial charge in [0.05, 0.1) is 12.1 Å². The van der Waals surface area contributed by atoms with Gasteiger partial charge in [0.25, 0.3) is 0 Å². The van der Waals surface area contributed by atoms with Crippen LogP contribution in [0.4, 0.5) is 0 Å². The van der Waals surface area contributed by atoms with E-state index in [2.05, 4.69) is 0 Å². The molecule has 0 spiro atoms. The Morgan fingerprint density at radius 2 is 2.24 bits per heavy atom. The monoisotopic (exact) mass is 243 g/mol. The largest absolute Gasteiger partial charge is 0.458 e. The smallest absolute Gasteiger partial charge is 0.306 e. The molecular formula is C12H21NO4. The first-order valence-electron chi connectivity index (χ1n) is 6.43. The molecule has 0 bridgehead atoms. The molecule has 5 heteroatoms. The molecule has 0 aromatic rings. The average molecular weight is 243 g/mol. The molecule has 4 atom stereocenters. The number of piperidine rings is 1. The second kappa shape index (κ2) is 5.33. The highest BCUT2D eigenvalue weighted by atomic mass is 16.6. The van der Waals surface area contributed by atoms with E-state index in [0.29, 0.717) is 19.4 Å². The van der Waals surface area contributed by atoms with Crippen LogP contribution in [0.15, 0.2) is 0 Å². The Morgan fingerprint density at radius 1 is 1.47 bits per heavy atom. The van der Waals surface area contributed by atoms with Gasteiger partial charge in [0.1, 0.15) is 12.2 Å². The number of carbonyl (C=O) groups excluding carboxylic acids is 1. The Morgan fingerprint density at radius 3 is 2.88 bits per heavy atom. The van der Waals surface area contributed by atoms with Gasteiger partial charge in [-0.2, -0.15) is 0 Å². The zero-order valence-corrected chi connectivity index (χ0v) is 10.2. The maximum absolute atomic E-state index is 11.4. The highest BCUT2D eigenvalue weighted by Gasteiger charge is 2.47. The van der Waals surface area contributed by atoms with Gasteiger partial charge in [-0.05, 0) is 25.8 Å². The van der Waals surface area contributed by atoms with Crippen LogP contribution in [-0.2, 0) is 9.53 Å². The van der Waals surface area contributed by atoms with Crippen LogP contribution >= 0.6 is 0 Å². The number of carbonyl (C=O) groups is 1. The van der Waals surface area contributed by atoms with Crippen LogP contribution in [0.2, 0.25) is 0 Å². The summed E-state index contributed by atoms with van der Waals surface area (Å²) in [6.07, 6.45) is 1.04. The second-order valence-electron chi connectivity index (χ2n) is 4.96. The third kappa shape index (κ3) is 2.61. The maximum atomic E-state index is 11.4. The standard InChI is InChI=1S/C12H21NO4/c1-2-4-10(15)17-9-7-13-6-3-5-8(14)11(13)12(9)16/h8-9,11-12,14,16H,2-7H2,1H3/t8-,9-,11-,12-/m1/s1. The molecule has 2 saturated heterocycles. The summed E-state index contributed by atoms with van der Waals surface area (Å²) in [5, 5.41) is 20.0. The summed E-state index contributed by atoms with van der Waals surface area (Å²) >= 11 is 0. The minimum Gasteiger partial charge on any atom is -0.458 e. The van der Waals surface area contributed by atoms with E-state index >= 15 is 0 Å². The van der Waals surface area contributed by atoms with Crippen LogP contribution in [0, 0.1) is 0 Å². The lowest BCUT2D eigenvalue weighted by atomic mass is 9.97. The van der Waals surface area contributed by atoms with Crippen LogP contribution in [-0.4, -0.2) is 58.5 Å². The molecule has 0 aliphatic carbocycles. The van der Waals surface area contributed by atoms with Gasteiger partial charge >= 0.3 is 5.97 Å². The highest BCUT2D eigenvalue weighted by Crippen LogP contribution is 2.29. The van der Waals surface area contributed by atoms with E-state index in [1.54, 1.807) is 0 Å². The fourth-order valence-corrected chi connectivity index (χ4v) is 2.82. The van der Waals surface area contributed by atoms with Crippen molar-refractivity contribution in [3.63, 3.8) is 0 Å². The highest BCUT2D eigenvalue weighted by molar-refractivity contribution is 5.69. The van der Waals surface area contributed by atoms with Crippen molar-refractivity contribution < 1.29 is 19.7 Å². The number of nitrogens with zero attached hydrogens (tertiary/aromatic N) is 1. The molecule has 0 unspecified atom stereocenters. The van der Waals surface area contributed by atoms with Gasteiger partial charge < -0.3 is 14.9 Å². The number of esters is 1. The summed E-state index contributed by atoms with van der Waals surface area (Å²) in [6.45, 7) is 3.32. The van der Waals surface area contributed by atoms with Crippen molar-refractivity contribution in [2.75, 3.05) is 13.1 Å². The van der Waals surface area contributed by atoms with Crippen LogP contribution < -0.4 is 0 Å². The zero-order chi connectivity index (χ0) is 12.4. The van der Waals surface area contributed by atoms with Crippen molar-refractivity contribution >= 4 is 5.97 Å². The number of hydrogen-bond donors (Lipinski definition) is 2. The minimum atomic E-state index is -0.758. The molecule has 0 radical (unpaired) electrons. The molecule has 17 heavy (non-hydrogen) atoms. The molecule has 0 aromatic carbocycles. The summed E-state index contributed by atoms with van der Waals surface area (Å²) in [4.78, 5) is 13.4. The number of hydrogen-bond acceptors (Lipinski definition) is 5.